The molecule has 1 saturated heterocycles. The van der Waals surface area contributed by atoms with Gasteiger partial charge in [-0.1, -0.05) is 18.2 Å². The number of fused-ring (bicyclic) bond motifs is 1. The fourth-order valence-corrected chi connectivity index (χ4v) is 4.16. The number of aromatic nitrogens is 1. The Bertz CT molecular complexity index is 993. The van der Waals surface area contributed by atoms with Crippen LogP contribution in [0.25, 0.3) is 10.9 Å². The molecule has 1 saturated carbocycles. The number of carbonyl (C=O) groups is 2. The van der Waals surface area contributed by atoms with Crippen molar-refractivity contribution >= 4 is 22.7 Å². The van der Waals surface area contributed by atoms with Crippen molar-refractivity contribution in [1.29, 1.82) is 0 Å². The van der Waals surface area contributed by atoms with Crippen LogP contribution < -0.4 is 0 Å². The molecule has 3 heterocycles. The highest BCUT2D eigenvalue weighted by Crippen LogP contribution is 2.51. The minimum absolute atomic E-state index is 0.107. The molecule has 1 aliphatic heterocycles. The van der Waals surface area contributed by atoms with Gasteiger partial charge in [-0.15, -0.1) is 0 Å². The number of para-hydroxylation sites is 1. The van der Waals surface area contributed by atoms with Gasteiger partial charge in [0.2, 0.25) is 5.91 Å². The van der Waals surface area contributed by atoms with Crippen LogP contribution in [0.15, 0.2) is 53.3 Å². The highest BCUT2D eigenvalue weighted by Gasteiger charge is 2.54. The SMILES string of the molecule is O=C(c1ccco1)N1CCN(C(=O)C2(c3c[nH]c4ccccc34)CC2)CC1. The third-order valence-corrected chi connectivity index (χ3v) is 5.85. The molecule has 1 aromatic carbocycles. The van der Waals surface area contributed by atoms with E-state index in [1.54, 1.807) is 17.0 Å². The first-order valence-corrected chi connectivity index (χ1v) is 9.38. The molecular weight excluding hydrogens is 342 g/mol. The van der Waals surface area contributed by atoms with Crippen molar-refractivity contribution in [2.45, 2.75) is 18.3 Å². The lowest BCUT2D eigenvalue weighted by atomic mass is 9.93. The van der Waals surface area contributed by atoms with Gasteiger partial charge >= 0.3 is 0 Å². The fourth-order valence-electron chi connectivity index (χ4n) is 4.16. The first kappa shape index (κ1) is 16.2. The lowest BCUT2D eigenvalue weighted by molar-refractivity contribution is -0.135. The van der Waals surface area contributed by atoms with Crippen LogP contribution in [0.1, 0.15) is 29.0 Å². The van der Waals surface area contributed by atoms with E-state index in [4.69, 9.17) is 4.42 Å². The Balaban J connectivity index is 1.31. The van der Waals surface area contributed by atoms with Gasteiger partial charge < -0.3 is 19.2 Å². The molecule has 5 rings (SSSR count). The van der Waals surface area contributed by atoms with Crippen molar-refractivity contribution in [2.24, 2.45) is 0 Å². The zero-order valence-corrected chi connectivity index (χ0v) is 15.0. The number of hydrogen-bond acceptors (Lipinski definition) is 3. The van der Waals surface area contributed by atoms with E-state index in [9.17, 15) is 9.59 Å². The van der Waals surface area contributed by atoms with Gasteiger partial charge in [0.1, 0.15) is 0 Å². The minimum Gasteiger partial charge on any atom is -0.459 e. The summed E-state index contributed by atoms with van der Waals surface area (Å²) in [6.07, 6.45) is 5.27. The van der Waals surface area contributed by atoms with Crippen LogP contribution in [0.4, 0.5) is 0 Å². The molecular formula is C21H21N3O3. The predicted molar refractivity (Wildman–Crippen MR) is 100 cm³/mol. The first-order chi connectivity index (χ1) is 13.2. The molecule has 1 aliphatic carbocycles. The van der Waals surface area contributed by atoms with Crippen molar-refractivity contribution in [1.82, 2.24) is 14.8 Å². The summed E-state index contributed by atoms with van der Waals surface area (Å²) < 4.78 is 5.20. The quantitative estimate of drug-likeness (QED) is 0.778. The van der Waals surface area contributed by atoms with Crippen LogP contribution in [0.3, 0.4) is 0 Å². The molecule has 2 aliphatic rings. The van der Waals surface area contributed by atoms with E-state index in [1.165, 1.54) is 6.26 Å². The molecule has 1 N–H and O–H groups in total. The molecule has 0 bridgehead atoms. The van der Waals surface area contributed by atoms with Gasteiger partial charge in [-0.2, -0.15) is 0 Å². The molecule has 3 aromatic rings. The maximum Gasteiger partial charge on any atom is 0.289 e. The van der Waals surface area contributed by atoms with Gasteiger partial charge in [0.05, 0.1) is 11.7 Å². The summed E-state index contributed by atoms with van der Waals surface area (Å²) in [4.78, 5) is 32.7. The van der Waals surface area contributed by atoms with Gasteiger partial charge in [-0.3, -0.25) is 9.59 Å². The number of carbonyl (C=O) groups excluding carboxylic acids is 2. The van der Waals surface area contributed by atoms with E-state index >= 15 is 0 Å². The summed E-state index contributed by atoms with van der Waals surface area (Å²) in [5, 5.41) is 1.13. The summed E-state index contributed by atoms with van der Waals surface area (Å²) >= 11 is 0. The second-order valence-corrected chi connectivity index (χ2v) is 7.39. The summed E-state index contributed by atoms with van der Waals surface area (Å²) in [5.74, 6) is 0.439. The van der Waals surface area contributed by atoms with Crippen LogP contribution in [0, 0.1) is 0 Å². The number of nitrogens with zero attached hydrogens (tertiary/aromatic N) is 2. The Morgan fingerprint density at radius 1 is 0.963 bits per heavy atom. The molecule has 6 heteroatoms. The Morgan fingerprint density at radius 2 is 1.70 bits per heavy atom. The van der Waals surface area contributed by atoms with Gasteiger partial charge in [0.15, 0.2) is 5.76 Å². The Labute approximate surface area is 156 Å². The average molecular weight is 363 g/mol. The van der Waals surface area contributed by atoms with Crippen molar-refractivity contribution in [3.8, 4) is 0 Å². The fraction of sp³-hybridized carbons (Fsp3) is 0.333. The van der Waals surface area contributed by atoms with E-state index in [0.717, 1.165) is 29.3 Å². The zero-order valence-electron chi connectivity index (χ0n) is 15.0. The smallest absolute Gasteiger partial charge is 0.289 e. The van der Waals surface area contributed by atoms with E-state index in [2.05, 4.69) is 11.1 Å². The number of H-pyrrole nitrogens is 1. The Hall–Kier alpha value is -3.02. The van der Waals surface area contributed by atoms with Crippen LogP contribution in [-0.4, -0.2) is 52.8 Å². The Kier molecular flexibility index (Phi) is 3.60. The number of amides is 2. The second-order valence-electron chi connectivity index (χ2n) is 7.39. The number of aromatic amines is 1. The number of rotatable bonds is 3. The molecule has 2 aromatic heterocycles. The number of benzene rings is 1. The average Bonchev–Trinajstić information content (AvgIpc) is 3.15. The summed E-state index contributed by atoms with van der Waals surface area (Å²) in [6, 6.07) is 11.5. The Morgan fingerprint density at radius 3 is 2.41 bits per heavy atom. The first-order valence-electron chi connectivity index (χ1n) is 9.38. The van der Waals surface area contributed by atoms with Gasteiger partial charge in [0.25, 0.3) is 5.91 Å². The molecule has 6 nitrogen and oxygen atoms in total. The lowest BCUT2D eigenvalue weighted by Crippen LogP contribution is -2.52. The molecule has 138 valence electrons. The van der Waals surface area contributed by atoms with Crippen molar-refractivity contribution < 1.29 is 14.0 Å². The number of nitrogens with one attached hydrogen (secondary N) is 1. The molecule has 2 fully saturated rings. The summed E-state index contributed by atoms with van der Waals surface area (Å²) in [5.41, 5.74) is 1.78. The van der Waals surface area contributed by atoms with E-state index in [-0.39, 0.29) is 11.8 Å². The van der Waals surface area contributed by atoms with Crippen molar-refractivity contribution in [2.75, 3.05) is 26.2 Å². The van der Waals surface area contributed by atoms with Crippen LogP contribution in [-0.2, 0) is 10.2 Å². The third-order valence-electron chi connectivity index (χ3n) is 5.85. The van der Waals surface area contributed by atoms with Crippen molar-refractivity contribution in [3.05, 3.63) is 60.2 Å². The van der Waals surface area contributed by atoms with Crippen LogP contribution >= 0.6 is 0 Å². The molecule has 0 spiro atoms. The summed E-state index contributed by atoms with van der Waals surface area (Å²) in [6.45, 7) is 2.20. The largest absolute Gasteiger partial charge is 0.459 e. The topological polar surface area (TPSA) is 69.6 Å². The van der Waals surface area contributed by atoms with E-state index in [0.29, 0.717) is 31.9 Å². The lowest BCUT2D eigenvalue weighted by Gasteiger charge is -2.36. The maximum absolute atomic E-state index is 13.3. The number of piperazine rings is 1. The van der Waals surface area contributed by atoms with Gasteiger partial charge in [-0.25, -0.2) is 0 Å². The van der Waals surface area contributed by atoms with Gasteiger partial charge in [-0.05, 0) is 36.6 Å². The molecule has 0 unspecified atom stereocenters. The van der Waals surface area contributed by atoms with E-state index < -0.39 is 5.41 Å². The number of furan rings is 1. The molecule has 0 atom stereocenters. The molecule has 27 heavy (non-hydrogen) atoms. The van der Waals surface area contributed by atoms with Crippen LogP contribution in [0.5, 0.6) is 0 Å². The monoisotopic (exact) mass is 363 g/mol. The third kappa shape index (κ3) is 2.55. The number of hydrogen-bond donors (Lipinski definition) is 1. The molecule has 2 amide bonds. The normalized spacial score (nSPS) is 18.7. The highest BCUT2D eigenvalue weighted by atomic mass is 16.3. The van der Waals surface area contributed by atoms with E-state index in [1.807, 2.05) is 29.3 Å². The molecule has 0 radical (unpaired) electrons. The second kappa shape index (κ2) is 6.01. The summed E-state index contributed by atoms with van der Waals surface area (Å²) in [7, 11) is 0. The minimum atomic E-state index is -0.396. The maximum atomic E-state index is 13.3. The highest BCUT2D eigenvalue weighted by molar-refractivity contribution is 5.98. The van der Waals surface area contributed by atoms with Crippen molar-refractivity contribution in [3.63, 3.8) is 0 Å². The van der Waals surface area contributed by atoms with Gasteiger partial charge in [0, 0.05) is 43.3 Å². The standard InChI is InChI=1S/C21H21N3O3/c25-19(18-6-3-13-27-18)23-9-11-24(12-10-23)20(26)21(7-8-21)16-14-22-17-5-2-1-4-15(16)17/h1-6,13-14,22H,7-12H2. The van der Waals surface area contributed by atoms with Crippen LogP contribution in [0.2, 0.25) is 0 Å². The predicted octanol–water partition coefficient (Wildman–Crippen LogP) is 2.78. The zero-order chi connectivity index (χ0) is 18.4.